The van der Waals surface area contributed by atoms with Crippen molar-refractivity contribution in [2.75, 3.05) is 4.72 Å². The van der Waals surface area contributed by atoms with Crippen LogP contribution in [0.3, 0.4) is 0 Å². The molecule has 0 aromatic heterocycles. The van der Waals surface area contributed by atoms with Crippen LogP contribution in [0.2, 0.25) is 0 Å². The lowest BCUT2D eigenvalue weighted by atomic mass is 10.3. The van der Waals surface area contributed by atoms with Gasteiger partial charge in [-0.3, -0.25) is 14.8 Å². The van der Waals surface area contributed by atoms with Gasteiger partial charge in [0.05, 0.1) is 9.82 Å². The molecule has 0 radical (unpaired) electrons. The third-order valence-electron chi connectivity index (χ3n) is 2.69. The minimum absolute atomic E-state index is 0.144. The SMILES string of the molecule is O=[N+]([O-])c1ccc(S(=O)(=O)Nc2ccc(SC(F)F)cc2)cc1. The Morgan fingerprint density at radius 1 is 1.04 bits per heavy atom. The van der Waals surface area contributed by atoms with E-state index in [9.17, 15) is 27.3 Å². The third-order valence-corrected chi connectivity index (χ3v) is 4.81. The number of hydrogen-bond donors (Lipinski definition) is 1. The summed E-state index contributed by atoms with van der Waals surface area (Å²) in [6.45, 7) is 0. The highest BCUT2D eigenvalue weighted by Crippen LogP contribution is 2.27. The molecule has 0 fully saturated rings. The lowest BCUT2D eigenvalue weighted by Gasteiger charge is -2.08. The molecule has 0 spiro atoms. The summed E-state index contributed by atoms with van der Waals surface area (Å²) in [4.78, 5) is 10.1. The number of benzene rings is 2. The van der Waals surface area contributed by atoms with Crippen LogP contribution in [0, 0.1) is 10.1 Å². The van der Waals surface area contributed by atoms with Gasteiger partial charge in [0.25, 0.3) is 21.5 Å². The Balaban J connectivity index is 2.15. The fourth-order valence-electron chi connectivity index (χ4n) is 1.67. The van der Waals surface area contributed by atoms with Crippen molar-refractivity contribution in [3.05, 3.63) is 58.6 Å². The molecule has 0 bridgehead atoms. The minimum atomic E-state index is -3.92. The summed E-state index contributed by atoms with van der Waals surface area (Å²) in [5.41, 5.74) is -0.0284. The first-order valence-electron chi connectivity index (χ1n) is 6.10. The average molecular weight is 360 g/mol. The van der Waals surface area contributed by atoms with Crippen LogP contribution in [0.15, 0.2) is 58.3 Å². The highest BCUT2D eigenvalue weighted by atomic mass is 32.2. The lowest BCUT2D eigenvalue weighted by molar-refractivity contribution is -0.384. The van der Waals surface area contributed by atoms with Crippen LogP contribution < -0.4 is 4.72 Å². The van der Waals surface area contributed by atoms with Crippen LogP contribution in [0.4, 0.5) is 20.2 Å². The van der Waals surface area contributed by atoms with Crippen molar-refractivity contribution in [2.24, 2.45) is 0 Å². The maximum Gasteiger partial charge on any atom is 0.288 e. The fraction of sp³-hybridized carbons (Fsp3) is 0.0769. The Labute approximate surface area is 134 Å². The molecule has 0 amide bonds. The van der Waals surface area contributed by atoms with Gasteiger partial charge in [-0.15, -0.1) is 0 Å². The van der Waals surface area contributed by atoms with Crippen LogP contribution in [0.1, 0.15) is 0 Å². The topological polar surface area (TPSA) is 89.3 Å². The van der Waals surface area contributed by atoms with Gasteiger partial charge < -0.3 is 0 Å². The van der Waals surface area contributed by atoms with Crippen LogP contribution in [0.25, 0.3) is 0 Å². The van der Waals surface area contributed by atoms with Gasteiger partial charge in [-0.1, -0.05) is 11.8 Å². The van der Waals surface area contributed by atoms with Gasteiger partial charge in [-0.25, -0.2) is 8.42 Å². The number of nitro benzene ring substituents is 1. The number of anilines is 1. The van der Waals surface area contributed by atoms with Crippen molar-refractivity contribution >= 4 is 33.2 Å². The molecular weight excluding hydrogens is 350 g/mol. The van der Waals surface area contributed by atoms with Crippen LogP contribution in [-0.2, 0) is 10.0 Å². The predicted octanol–water partition coefficient (Wildman–Crippen LogP) is 3.71. The summed E-state index contributed by atoms with van der Waals surface area (Å²) in [6.07, 6.45) is 0. The van der Waals surface area contributed by atoms with Gasteiger partial charge in [0.2, 0.25) is 0 Å². The molecule has 0 aliphatic heterocycles. The zero-order valence-corrected chi connectivity index (χ0v) is 13.0. The van der Waals surface area contributed by atoms with Crippen molar-refractivity contribution < 1.29 is 22.1 Å². The molecular formula is C13H10F2N2O4S2. The van der Waals surface area contributed by atoms with Gasteiger partial charge in [-0.05, 0) is 36.4 Å². The van der Waals surface area contributed by atoms with Crippen molar-refractivity contribution in [2.45, 2.75) is 15.5 Å². The summed E-state index contributed by atoms with van der Waals surface area (Å²) in [5, 5.41) is 10.5. The maximum atomic E-state index is 12.2. The Hall–Kier alpha value is -2.20. The molecule has 2 aromatic rings. The number of sulfonamides is 1. The minimum Gasteiger partial charge on any atom is -0.280 e. The molecule has 0 atom stereocenters. The summed E-state index contributed by atoms with van der Waals surface area (Å²) >= 11 is 0.351. The third kappa shape index (κ3) is 4.63. The molecule has 23 heavy (non-hydrogen) atoms. The summed E-state index contributed by atoms with van der Waals surface area (Å²) < 4.78 is 51.0. The predicted molar refractivity (Wildman–Crippen MR) is 82.2 cm³/mol. The second kappa shape index (κ2) is 6.92. The molecule has 6 nitrogen and oxygen atoms in total. The highest BCUT2D eigenvalue weighted by Gasteiger charge is 2.16. The van der Waals surface area contributed by atoms with E-state index in [4.69, 9.17) is 0 Å². The molecule has 0 saturated carbocycles. The number of non-ortho nitro benzene ring substituents is 1. The number of nitrogens with zero attached hydrogens (tertiary/aromatic N) is 1. The molecule has 0 aliphatic rings. The van der Waals surface area contributed by atoms with E-state index in [2.05, 4.69) is 4.72 Å². The smallest absolute Gasteiger partial charge is 0.280 e. The van der Waals surface area contributed by atoms with Crippen LogP contribution in [0.5, 0.6) is 0 Å². The standard InChI is InChI=1S/C13H10F2N2O4S2/c14-13(15)22-11-5-1-9(2-6-11)16-23(20,21)12-7-3-10(4-8-12)17(18)19/h1-8,13,16H. The summed E-state index contributed by atoms with van der Waals surface area (Å²) in [6, 6.07) is 9.83. The average Bonchev–Trinajstić information content (AvgIpc) is 2.48. The van der Waals surface area contributed by atoms with Gasteiger partial charge in [-0.2, -0.15) is 8.78 Å². The van der Waals surface area contributed by atoms with E-state index in [0.29, 0.717) is 16.7 Å². The van der Waals surface area contributed by atoms with Crippen molar-refractivity contribution in [1.82, 2.24) is 0 Å². The van der Waals surface area contributed by atoms with Gasteiger partial charge in [0, 0.05) is 22.7 Å². The lowest BCUT2D eigenvalue weighted by Crippen LogP contribution is -2.12. The van der Waals surface area contributed by atoms with Gasteiger partial charge in [0.15, 0.2) is 0 Å². The first kappa shape index (κ1) is 17.2. The van der Waals surface area contributed by atoms with E-state index < -0.39 is 20.7 Å². The Kier molecular flexibility index (Phi) is 5.16. The molecule has 2 aromatic carbocycles. The first-order chi connectivity index (χ1) is 10.8. The molecule has 2 rings (SSSR count). The second-order valence-corrected chi connectivity index (χ2v) is 7.01. The Morgan fingerprint density at radius 3 is 2.09 bits per heavy atom. The second-order valence-electron chi connectivity index (χ2n) is 4.26. The maximum absolute atomic E-state index is 12.2. The molecule has 10 heteroatoms. The zero-order chi connectivity index (χ0) is 17.0. The number of nitro groups is 1. The Morgan fingerprint density at radius 2 is 1.61 bits per heavy atom. The van der Waals surface area contributed by atoms with E-state index in [0.717, 1.165) is 24.3 Å². The van der Waals surface area contributed by atoms with E-state index in [1.54, 1.807) is 0 Å². The number of rotatable bonds is 6. The van der Waals surface area contributed by atoms with E-state index >= 15 is 0 Å². The largest absolute Gasteiger partial charge is 0.288 e. The molecule has 0 heterocycles. The van der Waals surface area contributed by atoms with Crippen LogP contribution >= 0.6 is 11.8 Å². The zero-order valence-electron chi connectivity index (χ0n) is 11.3. The number of nitrogens with one attached hydrogen (secondary N) is 1. The summed E-state index contributed by atoms with van der Waals surface area (Å²) in [7, 11) is -3.92. The monoisotopic (exact) mass is 360 g/mol. The summed E-state index contributed by atoms with van der Waals surface area (Å²) in [5.74, 6) is -2.56. The van der Waals surface area contributed by atoms with Crippen molar-refractivity contribution in [1.29, 1.82) is 0 Å². The molecule has 0 aliphatic carbocycles. The molecule has 0 unspecified atom stereocenters. The fourth-order valence-corrected chi connectivity index (χ4v) is 3.22. The number of alkyl halides is 2. The normalized spacial score (nSPS) is 11.4. The highest BCUT2D eigenvalue weighted by molar-refractivity contribution is 7.99. The van der Waals surface area contributed by atoms with Crippen molar-refractivity contribution in [3.63, 3.8) is 0 Å². The molecule has 122 valence electrons. The van der Waals surface area contributed by atoms with E-state index in [1.807, 2.05) is 0 Å². The number of halogens is 2. The Bertz CT molecular complexity index is 794. The number of thioether (sulfide) groups is 1. The van der Waals surface area contributed by atoms with Crippen molar-refractivity contribution in [3.8, 4) is 0 Å². The van der Waals surface area contributed by atoms with Crippen LogP contribution in [-0.4, -0.2) is 19.1 Å². The first-order valence-corrected chi connectivity index (χ1v) is 8.46. The molecule has 0 saturated heterocycles. The van der Waals surface area contributed by atoms with E-state index in [-0.39, 0.29) is 16.3 Å². The quantitative estimate of drug-likeness (QED) is 0.482. The number of hydrogen-bond acceptors (Lipinski definition) is 5. The van der Waals surface area contributed by atoms with Gasteiger partial charge >= 0.3 is 0 Å². The van der Waals surface area contributed by atoms with E-state index in [1.165, 1.54) is 24.3 Å². The molecule has 1 N–H and O–H groups in total. The van der Waals surface area contributed by atoms with Gasteiger partial charge in [0.1, 0.15) is 0 Å².